The van der Waals surface area contributed by atoms with Gasteiger partial charge in [0, 0.05) is 0 Å². The summed E-state index contributed by atoms with van der Waals surface area (Å²) in [5.74, 6) is -1.70. The summed E-state index contributed by atoms with van der Waals surface area (Å²) in [6.07, 6.45) is 0.448. The van der Waals surface area contributed by atoms with Crippen LogP contribution in [-0.2, 0) is 9.59 Å². The summed E-state index contributed by atoms with van der Waals surface area (Å²) in [6, 6.07) is 0. The summed E-state index contributed by atoms with van der Waals surface area (Å²) < 4.78 is 0. The Kier molecular flexibility index (Phi) is 5.74. The normalized spacial score (nSPS) is 15.2. The third-order valence-corrected chi connectivity index (χ3v) is 3.25. The average Bonchev–Trinajstić information content (AvgIpc) is 2.03. The van der Waals surface area contributed by atoms with Crippen molar-refractivity contribution < 1.29 is 14.7 Å². The molecule has 0 bridgehead atoms. The molecule has 3 nitrogen and oxygen atoms in total. The summed E-state index contributed by atoms with van der Waals surface area (Å²) in [5.41, 5.74) is 0. The summed E-state index contributed by atoms with van der Waals surface area (Å²) in [6.45, 7) is 1.74. The first kappa shape index (κ1) is 12.1. The Labute approximate surface area is 87.8 Å². The molecule has 0 aromatic carbocycles. The van der Waals surface area contributed by atoms with Gasteiger partial charge in [0.15, 0.2) is 5.78 Å². The first-order valence-corrected chi connectivity index (χ1v) is 5.53. The number of halogens is 2. The number of alkyl halides is 2. The van der Waals surface area contributed by atoms with E-state index in [-0.39, 0.29) is 11.1 Å². The van der Waals surface area contributed by atoms with Crippen LogP contribution in [0.2, 0.25) is 0 Å². The minimum absolute atomic E-state index is 0.135. The number of carboxylic acid groups (broad SMARTS) is 1. The van der Waals surface area contributed by atoms with E-state index >= 15 is 0 Å². The van der Waals surface area contributed by atoms with Gasteiger partial charge in [0.25, 0.3) is 0 Å². The highest BCUT2D eigenvalue weighted by molar-refractivity contribution is 9.10. The molecule has 0 aromatic rings. The first-order valence-electron chi connectivity index (χ1n) is 3.50. The molecule has 0 heterocycles. The maximum absolute atomic E-state index is 11.1. The van der Waals surface area contributed by atoms with Gasteiger partial charge < -0.3 is 5.11 Å². The van der Waals surface area contributed by atoms with E-state index in [0.29, 0.717) is 6.42 Å². The highest BCUT2D eigenvalue weighted by Crippen LogP contribution is 2.18. The molecule has 0 aromatic heterocycles. The van der Waals surface area contributed by atoms with Crippen molar-refractivity contribution in [1.82, 2.24) is 0 Å². The Morgan fingerprint density at radius 3 is 2.25 bits per heavy atom. The number of ketones is 1. The molecule has 0 radical (unpaired) electrons. The zero-order valence-electron chi connectivity index (χ0n) is 6.59. The molecular formula is C7H10Br2O3. The van der Waals surface area contributed by atoms with Gasteiger partial charge in [-0.15, -0.1) is 0 Å². The largest absolute Gasteiger partial charge is 0.481 e. The lowest BCUT2D eigenvalue weighted by Gasteiger charge is -2.14. The van der Waals surface area contributed by atoms with Crippen LogP contribution in [0.1, 0.15) is 13.3 Å². The summed E-state index contributed by atoms with van der Waals surface area (Å²) in [7, 11) is 0. The standard InChI is InChI=1S/C7H10Br2O3/c1-2-4(7(11)12)6(9)5(10)3-8/h4,6H,2-3H2,1H3,(H,11,12). The summed E-state index contributed by atoms with van der Waals surface area (Å²) in [4.78, 5) is 21.1. The van der Waals surface area contributed by atoms with E-state index in [4.69, 9.17) is 5.11 Å². The topological polar surface area (TPSA) is 54.4 Å². The van der Waals surface area contributed by atoms with Crippen LogP contribution in [0, 0.1) is 5.92 Å². The Bertz CT molecular complexity index is 181. The van der Waals surface area contributed by atoms with E-state index in [2.05, 4.69) is 31.9 Å². The highest BCUT2D eigenvalue weighted by Gasteiger charge is 2.28. The van der Waals surface area contributed by atoms with Crippen LogP contribution in [0.15, 0.2) is 0 Å². The van der Waals surface area contributed by atoms with E-state index < -0.39 is 16.7 Å². The van der Waals surface area contributed by atoms with Gasteiger partial charge in [0.1, 0.15) is 0 Å². The van der Waals surface area contributed by atoms with Gasteiger partial charge in [-0.05, 0) is 6.42 Å². The molecule has 0 rings (SSSR count). The fraction of sp³-hybridized carbons (Fsp3) is 0.714. The number of aliphatic carboxylic acids is 1. The molecular weight excluding hydrogens is 292 g/mol. The SMILES string of the molecule is CCC(C(=O)O)C(Br)C(=O)CBr. The molecule has 0 aliphatic heterocycles. The van der Waals surface area contributed by atoms with Gasteiger partial charge in [0.05, 0.1) is 16.1 Å². The lowest BCUT2D eigenvalue weighted by atomic mass is 10.0. The molecule has 0 aliphatic carbocycles. The minimum atomic E-state index is -0.936. The number of carboxylic acids is 1. The lowest BCUT2D eigenvalue weighted by molar-refractivity contribution is -0.143. The predicted molar refractivity (Wildman–Crippen MR) is 52.9 cm³/mol. The van der Waals surface area contributed by atoms with E-state index in [1.165, 1.54) is 0 Å². The number of hydrogen-bond acceptors (Lipinski definition) is 2. The van der Waals surface area contributed by atoms with Crippen molar-refractivity contribution >= 4 is 43.6 Å². The van der Waals surface area contributed by atoms with Crippen molar-refractivity contribution in [1.29, 1.82) is 0 Å². The van der Waals surface area contributed by atoms with Crippen molar-refractivity contribution in [2.75, 3.05) is 5.33 Å². The second-order valence-electron chi connectivity index (χ2n) is 2.35. The van der Waals surface area contributed by atoms with Gasteiger partial charge in [-0.2, -0.15) is 0 Å². The van der Waals surface area contributed by atoms with Crippen LogP contribution in [0.3, 0.4) is 0 Å². The molecule has 2 atom stereocenters. The molecule has 0 aliphatic rings. The number of carbonyl (C=O) groups is 2. The Morgan fingerprint density at radius 2 is 2.00 bits per heavy atom. The number of hydrogen-bond donors (Lipinski definition) is 1. The van der Waals surface area contributed by atoms with E-state index in [1.54, 1.807) is 6.92 Å². The number of Topliss-reactive ketones (excluding diaryl/α,β-unsaturated/α-hetero) is 1. The zero-order valence-corrected chi connectivity index (χ0v) is 9.76. The number of rotatable bonds is 5. The fourth-order valence-electron chi connectivity index (χ4n) is 0.805. The Balaban J connectivity index is 4.30. The molecule has 0 saturated carbocycles. The van der Waals surface area contributed by atoms with Gasteiger partial charge in [-0.25, -0.2) is 0 Å². The zero-order chi connectivity index (χ0) is 9.72. The van der Waals surface area contributed by atoms with Gasteiger partial charge in [0.2, 0.25) is 0 Å². The van der Waals surface area contributed by atoms with Crippen molar-refractivity contribution in [3.63, 3.8) is 0 Å². The highest BCUT2D eigenvalue weighted by atomic mass is 79.9. The molecule has 2 unspecified atom stereocenters. The number of carbonyl (C=O) groups excluding carboxylic acids is 1. The van der Waals surface area contributed by atoms with Gasteiger partial charge in [-0.1, -0.05) is 38.8 Å². The fourth-order valence-corrected chi connectivity index (χ4v) is 2.35. The first-order chi connectivity index (χ1) is 5.54. The van der Waals surface area contributed by atoms with Gasteiger partial charge in [-0.3, -0.25) is 9.59 Å². The third kappa shape index (κ3) is 3.23. The van der Waals surface area contributed by atoms with E-state index in [9.17, 15) is 9.59 Å². The third-order valence-electron chi connectivity index (χ3n) is 1.55. The van der Waals surface area contributed by atoms with E-state index in [1.807, 2.05) is 0 Å². The minimum Gasteiger partial charge on any atom is -0.481 e. The van der Waals surface area contributed by atoms with Crippen LogP contribution in [0.4, 0.5) is 0 Å². The van der Waals surface area contributed by atoms with Crippen molar-refractivity contribution in [2.45, 2.75) is 18.2 Å². The monoisotopic (exact) mass is 300 g/mol. The maximum atomic E-state index is 11.1. The summed E-state index contributed by atoms with van der Waals surface area (Å²) in [5, 5.41) is 8.88. The van der Waals surface area contributed by atoms with Crippen molar-refractivity contribution in [3.05, 3.63) is 0 Å². The quantitative estimate of drug-likeness (QED) is 0.788. The Hall–Kier alpha value is 0.1000. The van der Waals surface area contributed by atoms with Crippen LogP contribution in [-0.4, -0.2) is 27.0 Å². The molecule has 0 saturated heterocycles. The molecule has 12 heavy (non-hydrogen) atoms. The average molecular weight is 302 g/mol. The van der Waals surface area contributed by atoms with Crippen LogP contribution in [0.5, 0.6) is 0 Å². The molecule has 0 amide bonds. The summed E-state index contributed by atoms with van der Waals surface area (Å²) >= 11 is 6.06. The maximum Gasteiger partial charge on any atom is 0.308 e. The smallest absolute Gasteiger partial charge is 0.308 e. The second kappa shape index (κ2) is 5.70. The lowest BCUT2D eigenvalue weighted by Crippen LogP contribution is -2.30. The molecule has 1 N–H and O–H groups in total. The molecule has 0 fully saturated rings. The Morgan fingerprint density at radius 1 is 1.50 bits per heavy atom. The van der Waals surface area contributed by atoms with Crippen molar-refractivity contribution in [3.8, 4) is 0 Å². The van der Waals surface area contributed by atoms with Crippen LogP contribution >= 0.6 is 31.9 Å². The molecule has 0 spiro atoms. The predicted octanol–water partition coefficient (Wildman–Crippen LogP) is 1.82. The van der Waals surface area contributed by atoms with Gasteiger partial charge >= 0.3 is 5.97 Å². The van der Waals surface area contributed by atoms with Crippen LogP contribution in [0.25, 0.3) is 0 Å². The van der Waals surface area contributed by atoms with Crippen LogP contribution < -0.4 is 0 Å². The van der Waals surface area contributed by atoms with E-state index in [0.717, 1.165) is 0 Å². The second-order valence-corrected chi connectivity index (χ2v) is 3.90. The molecule has 5 heteroatoms. The van der Waals surface area contributed by atoms with Crippen molar-refractivity contribution in [2.24, 2.45) is 5.92 Å². The molecule has 70 valence electrons.